The lowest BCUT2D eigenvalue weighted by molar-refractivity contribution is -0.139. The zero-order valence-corrected chi connectivity index (χ0v) is 24.3. The number of carbonyl (C=O) groups excluding carboxylic acids is 3. The summed E-state index contributed by atoms with van der Waals surface area (Å²) in [5, 5.41) is 0. The van der Waals surface area contributed by atoms with Crippen LogP contribution in [-0.4, -0.2) is 44.3 Å². The highest BCUT2D eigenvalue weighted by molar-refractivity contribution is 5.91. The van der Waals surface area contributed by atoms with Crippen LogP contribution in [0.2, 0.25) is 0 Å². The van der Waals surface area contributed by atoms with Crippen LogP contribution >= 0.6 is 0 Å². The third-order valence-electron chi connectivity index (χ3n) is 5.90. The number of hydrogen-bond acceptors (Lipinski definition) is 8. The third-order valence-corrected chi connectivity index (χ3v) is 5.90. The number of carbonyl (C=O) groups is 3. The molecule has 0 radical (unpaired) electrons. The Morgan fingerprint density at radius 3 is 1.32 bits per heavy atom. The molecule has 0 aliphatic heterocycles. The van der Waals surface area contributed by atoms with Crippen molar-refractivity contribution in [3.05, 3.63) is 78.4 Å². The van der Waals surface area contributed by atoms with Gasteiger partial charge >= 0.3 is 17.9 Å². The van der Waals surface area contributed by atoms with E-state index in [1.807, 2.05) is 0 Å². The predicted molar refractivity (Wildman–Crippen MR) is 157 cm³/mol. The second-order valence-corrected chi connectivity index (χ2v) is 9.74. The molecule has 0 saturated heterocycles. The van der Waals surface area contributed by atoms with E-state index in [9.17, 15) is 14.4 Å². The van der Waals surface area contributed by atoms with E-state index in [0.29, 0.717) is 60.4 Å². The van der Waals surface area contributed by atoms with Crippen LogP contribution < -0.4 is 14.2 Å². The topological polar surface area (TPSA) is 97.4 Å². The lowest BCUT2D eigenvalue weighted by Gasteiger charge is -2.09. The zero-order valence-electron chi connectivity index (χ0n) is 24.3. The predicted octanol–water partition coefficient (Wildman–Crippen LogP) is 7.02. The van der Waals surface area contributed by atoms with E-state index in [-0.39, 0.29) is 11.9 Å². The monoisotopic (exact) mass is 566 g/mol. The van der Waals surface area contributed by atoms with Crippen molar-refractivity contribution in [3.8, 4) is 17.2 Å². The van der Waals surface area contributed by atoms with Crippen molar-refractivity contribution < 1.29 is 38.1 Å². The maximum Gasteiger partial charge on any atom is 0.343 e. The van der Waals surface area contributed by atoms with E-state index >= 15 is 0 Å². The third kappa shape index (κ3) is 14.2. The number of ether oxygens (including phenoxy) is 5. The molecule has 0 saturated carbocycles. The summed E-state index contributed by atoms with van der Waals surface area (Å²) >= 11 is 0. The molecule has 0 spiro atoms. The van der Waals surface area contributed by atoms with Gasteiger partial charge in [0.05, 0.1) is 32.0 Å². The highest BCUT2D eigenvalue weighted by Crippen LogP contribution is 2.20. The van der Waals surface area contributed by atoms with Crippen molar-refractivity contribution in [2.45, 2.75) is 65.2 Å². The zero-order chi connectivity index (χ0) is 29.9. The molecule has 0 amide bonds. The maximum atomic E-state index is 12.5. The van der Waals surface area contributed by atoms with Gasteiger partial charge in [0.1, 0.15) is 17.2 Å². The van der Waals surface area contributed by atoms with Gasteiger partial charge in [0.25, 0.3) is 0 Å². The van der Waals surface area contributed by atoms with Crippen LogP contribution in [0.4, 0.5) is 0 Å². The van der Waals surface area contributed by atoms with Crippen molar-refractivity contribution in [1.82, 2.24) is 0 Å². The molecule has 41 heavy (non-hydrogen) atoms. The molecular formula is C33H42O8. The van der Waals surface area contributed by atoms with E-state index in [4.69, 9.17) is 23.7 Å². The molecule has 0 unspecified atom stereocenters. The lowest BCUT2D eigenvalue weighted by atomic mass is 10.2. The van der Waals surface area contributed by atoms with Crippen molar-refractivity contribution in [3.63, 3.8) is 0 Å². The van der Waals surface area contributed by atoms with E-state index in [1.165, 1.54) is 0 Å². The Morgan fingerprint density at radius 1 is 0.537 bits per heavy atom. The Balaban J connectivity index is 1.57. The number of unbranched alkanes of at least 4 members (excludes halogenated alkanes) is 6. The number of rotatable bonds is 20. The fourth-order valence-electron chi connectivity index (χ4n) is 3.53. The molecule has 0 bridgehead atoms. The first-order chi connectivity index (χ1) is 19.8. The van der Waals surface area contributed by atoms with Gasteiger partial charge in [-0.25, -0.2) is 14.4 Å². The second kappa shape index (κ2) is 19.1. The standard InChI is InChI=1S/C33H42O8/c1-25(2)31(34)39-23-11-7-5-9-21-37-28-15-13-27(14-16-28)33(36)41-30-19-17-29(18-20-30)38-22-10-6-8-12-24-40-32(35)26(3)4/h13-20H,1,3,5-12,21-24H2,2,4H3. The molecule has 0 aromatic heterocycles. The molecule has 0 heterocycles. The average molecular weight is 567 g/mol. The molecule has 2 aromatic rings. The van der Waals surface area contributed by atoms with Gasteiger partial charge in [-0.2, -0.15) is 0 Å². The van der Waals surface area contributed by atoms with E-state index in [1.54, 1.807) is 62.4 Å². The number of hydrogen-bond donors (Lipinski definition) is 0. The molecule has 2 rings (SSSR count). The van der Waals surface area contributed by atoms with Crippen LogP contribution in [0, 0.1) is 0 Å². The highest BCUT2D eigenvalue weighted by atomic mass is 16.5. The number of benzene rings is 2. The minimum atomic E-state index is -0.452. The van der Waals surface area contributed by atoms with Gasteiger partial charge < -0.3 is 23.7 Å². The summed E-state index contributed by atoms with van der Waals surface area (Å²) in [6.07, 6.45) is 7.23. The van der Waals surface area contributed by atoms with Crippen molar-refractivity contribution in [1.29, 1.82) is 0 Å². The Hall–Kier alpha value is -4.07. The van der Waals surface area contributed by atoms with Gasteiger partial charge in [-0.3, -0.25) is 0 Å². The van der Waals surface area contributed by atoms with Crippen LogP contribution in [0.15, 0.2) is 72.8 Å². The molecule has 8 nitrogen and oxygen atoms in total. The fourth-order valence-corrected chi connectivity index (χ4v) is 3.53. The van der Waals surface area contributed by atoms with E-state index < -0.39 is 5.97 Å². The minimum absolute atomic E-state index is 0.345. The first kappa shape index (κ1) is 33.1. The molecular weight excluding hydrogens is 524 g/mol. The SMILES string of the molecule is C=C(C)C(=O)OCCCCCCOc1ccc(OC(=O)c2ccc(OCCCCCCOC(=O)C(=C)C)cc2)cc1. The van der Waals surface area contributed by atoms with Gasteiger partial charge in [0.2, 0.25) is 0 Å². The summed E-state index contributed by atoms with van der Waals surface area (Å²) in [6.45, 7) is 12.3. The van der Waals surface area contributed by atoms with Gasteiger partial charge in [-0.05, 0) is 114 Å². The van der Waals surface area contributed by atoms with E-state index in [2.05, 4.69) is 13.2 Å². The normalized spacial score (nSPS) is 10.4. The quantitative estimate of drug-likeness (QED) is 0.0730. The average Bonchev–Trinajstić information content (AvgIpc) is 2.96. The largest absolute Gasteiger partial charge is 0.494 e. The van der Waals surface area contributed by atoms with Crippen molar-refractivity contribution in [2.75, 3.05) is 26.4 Å². The molecule has 8 heteroatoms. The van der Waals surface area contributed by atoms with Crippen LogP contribution in [-0.2, 0) is 19.1 Å². The molecule has 222 valence electrons. The van der Waals surface area contributed by atoms with Gasteiger partial charge in [0, 0.05) is 11.1 Å². The summed E-state index contributed by atoms with van der Waals surface area (Å²) in [4.78, 5) is 35.1. The summed E-state index contributed by atoms with van der Waals surface area (Å²) in [5.41, 5.74) is 1.25. The molecule has 0 aliphatic rings. The highest BCUT2D eigenvalue weighted by Gasteiger charge is 2.09. The minimum Gasteiger partial charge on any atom is -0.494 e. The Bertz CT molecular complexity index is 1120. The van der Waals surface area contributed by atoms with Gasteiger partial charge in [-0.15, -0.1) is 0 Å². The first-order valence-corrected chi connectivity index (χ1v) is 14.1. The molecule has 0 atom stereocenters. The smallest absolute Gasteiger partial charge is 0.343 e. The van der Waals surface area contributed by atoms with Crippen molar-refractivity contribution >= 4 is 17.9 Å². The molecule has 0 N–H and O–H groups in total. The Labute approximate surface area is 243 Å². The van der Waals surface area contributed by atoms with Crippen LogP contribution in [0.25, 0.3) is 0 Å². The molecule has 0 fully saturated rings. The maximum absolute atomic E-state index is 12.5. The van der Waals surface area contributed by atoms with Gasteiger partial charge in [0.15, 0.2) is 0 Å². The summed E-state index contributed by atoms with van der Waals surface area (Å²) in [7, 11) is 0. The Morgan fingerprint density at radius 2 is 0.902 bits per heavy atom. The fraction of sp³-hybridized carbons (Fsp3) is 0.424. The second-order valence-electron chi connectivity index (χ2n) is 9.74. The Kier molecular flexibility index (Phi) is 15.4. The first-order valence-electron chi connectivity index (χ1n) is 14.1. The summed E-state index contributed by atoms with van der Waals surface area (Å²) < 4.78 is 27.1. The van der Waals surface area contributed by atoms with Crippen molar-refractivity contribution in [2.24, 2.45) is 0 Å². The molecule has 2 aromatic carbocycles. The lowest BCUT2D eigenvalue weighted by Crippen LogP contribution is -2.08. The van der Waals surface area contributed by atoms with Crippen LogP contribution in [0.1, 0.15) is 75.6 Å². The molecule has 0 aliphatic carbocycles. The number of esters is 3. The van der Waals surface area contributed by atoms with E-state index in [0.717, 1.165) is 51.4 Å². The van der Waals surface area contributed by atoms with Gasteiger partial charge in [-0.1, -0.05) is 13.2 Å². The van der Waals surface area contributed by atoms with Crippen LogP contribution in [0.3, 0.4) is 0 Å². The van der Waals surface area contributed by atoms with Crippen LogP contribution in [0.5, 0.6) is 17.2 Å². The summed E-state index contributed by atoms with van der Waals surface area (Å²) in [6, 6.07) is 13.8. The summed E-state index contributed by atoms with van der Waals surface area (Å²) in [5.74, 6) is 0.675.